The lowest BCUT2D eigenvalue weighted by Gasteiger charge is -2.30. The van der Waals surface area contributed by atoms with Crippen molar-refractivity contribution in [2.45, 2.75) is 16.7 Å². The second-order valence-electron chi connectivity index (χ2n) is 6.57. The van der Waals surface area contributed by atoms with Crippen LogP contribution < -0.4 is 4.90 Å². The van der Waals surface area contributed by atoms with Crippen molar-refractivity contribution in [2.24, 2.45) is 0 Å². The van der Waals surface area contributed by atoms with Gasteiger partial charge < -0.3 is 4.74 Å². The SMILES string of the molecule is Cc1cccc(C(=O)OCC(=O)N2c3ccccc3Sc3ccccc32)c1[N+](=O)[O-]. The standard InChI is InChI=1S/C22H16N2O5S/c1-14-7-6-8-15(21(14)24(27)28)22(26)29-13-20(25)23-16-9-2-4-11-18(16)30-19-12-5-3-10-17(19)23/h2-12H,13H2,1H3. The lowest BCUT2D eigenvalue weighted by molar-refractivity contribution is -0.385. The summed E-state index contributed by atoms with van der Waals surface area (Å²) in [5, 5.41) is 11.3. The molecule has 1 aliphatic rings. The number of carbonyl (C=O) groups excluding carboxylic acids is 2. The summed E-state index contributed by atoms with van der Waals surface area (Å²) in [4.78, 5) is 39.6. The summed E-state index contributed by atoms with van der Waals surface area (Å²) in [5.41, 5.74) is 1.24. The molecule has 8 heteroatoms. The number of rotatable bonds is 4. The molecule has 1 heterocycles. The number of para-hydroxylation sites is 3. The Morgan fingerprint density at radius 1 is 0.967 bits per heavy atom. The summed E-state index contributed by atoms with van der Waals surface area (Å²) >= 11 is 1.56. The minimum absolute atomic E-state index is 0.178. The van der Waals surface area contributed by atoms with E-state index < -0.39 is 23.4 Å². The van der Waals surface area contributed by atoms with Gasteiger partial charge in [0.1, 0.15) is 5.56 Å². The monoisotopic (exact) mass is 420 g/mol. The molecule has 0 fully saturated rings. The molecular weight excluding hydrogens is 404 g/mol. The van der Waals surface area contributed by atoms with Gasteiger partial charge in [0.15, 0.2) is 6.61 Å². The van der Waals surface area contributed by atoms with Gasteiger partial charge in [-0.3, -0.25) is 19.8 Å². The van der Waals surface area contributed by atoms with Gasteiger partial charge >= 0.3 is 5.97 Å². The Morgan fingerprint density at radius 2 is 1.57 bits per heavy atom. The van der Waals surface area contributed by atoms with E-state index in [2.05, 4.69) is 0 Å². The predicted molar refractivity (Wildman–Crippen MR) is 112 cm³/mol. The van der Waals surface area contributed by atoms with E-state index in [1.807, 2.05) is 48.5 Å². The molecule has 3 aromatic rings. The lowest BCUT2D eigenvalue weighted by Crippen LogP contribution is -2.32. The number of nitrogens with zero attached hydrogens (tertiary/aromatic N) is 2. The second kappa shape index (κ2) is 8.00. The van der Waals surface area contributed by atoms with Gasteiger partial charge in [0, 0.05) is 15.4 Å². The quantitative estimate of drug-likeness (QED) is 0.339. The van der Waals surface area contributed by atoms with Crippen LogP contribution in [0.2, 0.25) is 0 Å². The number of aryl methyl sites for hydroxylation is 1. The number of hydrogen-bond donors (Lipinski definition) is 0. The van der Waals surface area contributed by atoms with E-state index in [0.717, 1.165) is 9.79 Å². The van der Waals surface area contributed by atoms with Crippen molar-refractivity contribution in [3.63, 3.8) is 0 Å². The van der Waals surface area contributed by atoms with Gasteiger partial charge in [-0.05, 0) is 37.3 Å². The zero-order valence-corrected chi connectivity index (χ0v) is 16.7. The number of amides is 1. The molecule has 1 aliphatic heterocycles. The van der Waals surface area contributed by atoms with Crippen LogP contribution in [0, 0.1) is 17.0 Å². The van der Waals surface area contributed by atoms with Crippen molar-refractivity contribution in [1.82, 2.24) is 0 Å². The second-order valence-corrected chi connectivity index (χ2v) is 7.65. The van der Waals surface area contributed by atoms with E-state index in [1.54, 1.807) is 24.8 Å². The fourth-order valence-corrected chi connectivity index (χ4v) is 4.37. The summed E-state index contributed by atoms with van der Waals surface area (Å²) in [6, 6.07) is 19.3. The number of carbonyl (C=O) groups is 2. The van der Waals surface area contributed by atoms with Gasteiger partial charge in [-0.25, -0.2) is 4.79 Å². The fourth-order valence-electron chi connectivity index (χ4n) is 3.31. The molecule has 4 rings (SSSR count). The first-order chi connectivity index (χ1) is 14.5. The van der Waals surface area contributed by atoms with Crippen LogP contribution in [-0.4, -0.2) is 23.4 Å². The summed E-state index contributed by atoms with van der Waals surface area (Å²) < 4.78 is 5.18. The molecule has 1 amide bonds. The normalized spacial score (nSPS) is 12.0. The minimum atomic E-state index is -0.910. The van der Waals surface area contributed by atoms with Gasteiger partial charge in [0.05, 0.1) is 16.3 Å². The molecule has 0 spiro atoms. The first kappa shape index (κ1) is 19.7. The summed E-state index contributed by atoms with van der Waals surface area (Å²) in [5.74, 6) is -1.36. The first-order valence-electron chi connectivity index (χ1n) is 9.07. The van der Waals surface area contributed by atoms with Crippen molar-refractivity contribution in [3.8, 4) is 0 Å². The van der Waals surface area contributed by atoms with Crippen LogP contribution in [0.1, 0.15) is 15.9 Å². The third kappa shape index (κ3) is 3.53. The van der Waals surface area contributed by atoms with Crippen LogP contribution in [0.15, 0.2) is 76.5 Å². The van der Waals surface area contributed by atoms with Crippen LogP contribution in [0.25, 0.3) is 0 Å². The van der Waals surface area contributed by atoms with Crippen LogP contribution in [-0.2, 0) is 9.53 Å². The molecular formula is C22H16N2O5S. The number of hydrogen-bond acceptors (Lipinski definition) is 6. The Balaban J connectivity index is 1.60. The van der Waals surface area contributed by atoms with Gasteiger partial charge in [-0.2, -0.15) is 0 Å². The van der Waals surface area contributed by atoms with E-state index in [4.69, 9.17) is 4.74 Å². The molecule has 150 valence electrons. The summed E-state index contributed by atoms with van der Waals surface area (Å²) in [7, 11) is 0. The predicted octanol–water partition coefficient (Wildman–Crippen LogP) is 4.89. The van der Waals surface area contributed by atoms with Crippen molar-refractivity contribution < 1.29 is 19.2 Å². The largest absolute Gasteiger partial charge is 0.452 e. The van der Waals surface area contributed by atoms with Gasteiger partial charge in [0.2, 0.25) is 0 Å². The summed E-state index contributed by atoms with van der Waals surface area (Å²) in [6.07, 6.45) is 0. The van der Waals surface area contributed by atoms with Gasteiger partial charge in [-0.1, -0.05) is 48.2 Å². The number of benzene rings is 3. The van der Waals surface area contributed by atoms with Crippen LogP contribution in [0.4, 0.5) is 17.1 Å². The highest BCUT2D eigenvalue weighted by Gasteiger charge is 2.29. The van der Waals surface area contributed by atoms with Crippen molar-refractivity contribution in [2.75, 3.05) is 11.5 Å². The average Bonchev–Trinajstić information content (AvgIpc) is 2.75. The Bertz CT molecular complexity index is 1130. The number of fused-ring (bicyclic) bond motifs is 2. The smallest absolute Gasteiger partial charge is 0.345 e. The fraction of sp³-hybridized carbons (Fsp3) is 0.0909. The Kier molecular flexibility index (Phi) is 5.24. The number of anilines is 2. The highest BCUT2D eigenvalue weighted by molar-refractivity contribution is 7.99. The third-order valence-corrected chi connectivity index (χ3v) is 5.78. The Morgan fingerprint density at radius 3 is 2.17 bits per heavy atom. The third-order valence-electron chi connectivity index (χ3n) is 4.65. The number of nitro groups is 1. The molecule has 3 aromatic carbocycles. The van der Waals surface area contributed by atoms with Crippen LogP contribution in [0.5, 0.6) is 0 Å². The topological polar surface area (TPSA) is 89.8 Å². The van der Waals surface area contributed by atoms with Crippen LogP contribution in [0.3, 0.4) is 0 Å². The lowest BCUT2D eigenvalue weighted by atomic mass is 10.1. The molecule has 0 N–H and O–H groups in total. The molecule has 0 aliphatic carbocycles. The number of ether oxygens (including phenoxy) is 1. The van der Waals surface area contributed by atoms with Crippen molar-refractivity contribution >= 4 is 40.7 Å². The maximum absolute atomic E-state index is 13.1. The maximum atomic E-state index is 13.1. The number of nitro benzene ring substituents is 1. The molecule has 7 nitrogen and oxygen atoms in total. The zero-order valence-electron chi connectivity index (χ0n) is 15.9. The first-order valence-corrected chi connectivity index (χ1v) is 9.89. The molecule has 0 saturated heterocycles. The molecule has 0 bridgehead atoms. The van der Waals surface area contributed by atoms with E-state index in [9.17, 15) is 19.7 Å². The highest BCUT2D eigenvalue weighted by Crippen LogP contribution is 2.47. The van der Waals surface area contributed by atoms with E-state index in [1.165, 1.54) is 17.0 Å². The molecule has 30 heavy (non-hydrogen) atoms. The summed E-state index contributed by atoms with van der Waals surface area (Å²) in [6.45, 7) is 0.997. The van der Waals surface area contributed by atoms with Crippen molar-refractivity contribution in [3.05, 3.63) is 88.0 Å². The Labute approximate surface area is 176 Å². The zero-order chi connectivity index (χ0) is 21.3. The Hall–Kier alpha value is -3.65. The van der Waals surface area contributed by atoms with E-state index >= 15 is 0 Å². The average molecular weight is 420 g/mol. The van der Waals surface area contributed by atoms with Gasteiger partial charge in [-0.15, -0.1) is 0 Å². The van der Waals surface area contributed by atoms with Crippen LogP contribution >= 0.6 is 11.8 Å². The molecule has 0 aromatic heterocycles. The molecule has 0 atom stereocenters. The van der Waals surface area contributed by atoms with E-state index in [0.29, 0.717) is 16.9 Å². The molecule has 0 unspecified atom stereocenters. The van der Waals surface area contributed by atoms with E-state index in [-0.39, 0.29) is 11.3 Å². The molecule has 0 radical (unpaired) electrons. The minimum Gasteiger partial charge on any atom is -0.452 e. The molecule has 0 saturated carbocycles. The maximum Gasteiger partial charge on any atom is 0.345 e. The van der Waals surface area contributed by atoms with Crippen molar-refractivity contribution in [1.29, 1.82) is 0 Å². The van der Waals surface area contributed by atoms with Gasteiger partial charge in [0.25, 0.3) is 11.6 Å². The highest BCUT2D eigenvalue weighted by atomic mass is 32.2. The number of esters is 1.